The maximum absolute atomic E-state index is 13.7. The van der Waals surface area contributed by atoms with E-state index in [1.165, 1.54) is 6.07 Å². The number of carbonyl (C=O) groups excluding carboxylic acids is 1. The van der Waals surface area contributed by atoms with Crippen LogP contribution in [-0.2, 0) is 0 Å². The van der Waals surface area contributed by atoms with Crippen LogP contribution in [0.5, 0.6) is 0 Å². The first kappa shape index (κ1) is 12.6. The molecule has 1 N–H and O–H groups in total. The fraction of sp³-hybridized carbons (Fsp3) is 0.417. The van der Waals surface area contributed by atoms with Crippen LogP contribution in [-0.4, -0.2) is 18.4 Å². The van der Waals surface area contributed by atoms with Crippen LogP contribution in [0.4, 0.5) is 8.78 Å². The van der Waals surface area contributed by atoms with Crippen LogP contribution in [0.1, 0.15) is 29.6 Å². The van der Waals surface area contributed by atoms with E-state index in [1.54, 1.807) is 0 Å². The van der Waals surface area contributed by atoms with Crippen molar-refractivity contribution in [3.63, 3.8) is 0 Å². The van der Waals surface area contributed by atoms with Crippen molar-refractivity contribution in [3.8, 4) is 0 Å². The highest BCUT2D eigenvalue weighted by atomic mass is 79.9. The van der Waals surface area contributed by atoms with Gasteiger partial charge < -0.3 is 5.32 Å². The molecule has 1 unspecified atom stereocenters. The molecule has 5 heteroatoms. The van der Waals surface area contributed by atoms with Crippen molar-refractivity contribution >= 4 is 21.7 Å². The Balaban J connectivity index is 2.32. The van der Waals surface area contributed by atoms with Gasteiger partial charge in [0, 0.05) is 0 Å². The van der Waals surface area contributed by atoms with Gasteiger partial charge in [-0.15, -0.1) is 0 Å². The average molecular weight is 304 g/mol. The van der Waals surface area contributed by atoms with E-state index in [4.69, 9.17) is 0 Å². The van der Waals surface area contributed by atoms with E-state index >= 15 is 0 Å². The van der Waals surface area contributed by atoms with Gasteiger partial charge in [-0.05, 0) is 47.4 Å². The van der Waals surface area contributed by atoms with E-state index in [0.29, 0.717) is 13.0 Å². The second-order valence-electron chi connectivity index (χ2n) is 4.08. The smallest absolute Gasteiger partial charge is 0.185 e. The minimum absolute atomic E-state index is 0.109. The molecule has 1 atom stereocenters. The number of rotatable bonds is 2. The minimum atomic E-state index is -0.817. The SMILES string of the molecule is O=C(c1c(F)ccc(Br)c1F)C1CCCCN1. The van der Waals surface area contributed by atoms with Crippen molar-refractivity contribution in [2.24, 2.45) is 0 Å². The summed E-state index contributed by atoms with van der Waals surface area (Å²) in [5, 5.41) is 2.99. The molecule has 1 aliphatic rings. The van der Waals surface area contributed by atoms with Crippen LogP contribution in [0.25, 0.3) is 0 Å². The molecule has 0 amide bonds. The summed E-state index contributed by atoms with van der Waals surface area (Å²) in [4.78, 5) is 12.0. The third kappa shape index (κ3) is 2.55. The second-order valence-corrected chi connectivity index (χ2v) is 4.94. The van der Waals surface area contributed by atoms with E-state index in [0.717, 1.165) is 18.9 Å². The van der Waals surface area contributed by atoms with Crippen molar-refractivity contribution in [1.82, 2.24) is 5.32 Å². The minimum Gasteiger partial charge on any atom is -0.307 e. The van der Waals surface area contributed by atoms with Crippen LogP contribution < -0.4 is 5.32 Å². The molecule has 1 heterocycles. The van der Waals surface area contributed by atoms with Crippen LogP contribution in [0.2, 0.25) is 0 Å². The number of ketones is 1. The number of benzene rings is 1. The Morgan fingerprint density at radius 1 is 1.35 bits per heavy atom. The Hall–Kier alpha value is -0.810. The Labute approximate surface area is 107 Å². The number of carbonyl (C=O) groups is 1. The first-order valence-corrected chi connectivity index (χ1v) is 6.31. The van der Waals surface area contributed by atoms with Crippen molar-refractivity contribution in [3.05, 3.63) is 33.8 Å². The predicted octanol–water partition coefficient (Wildman–Crippen LogP) is 3.05. The standard InChI is InChI=1S/C12H12BrF2NO/c13-7-4-5-8(14)10(11(7)15)12(17)9-3-1-2-6-16-9/h4-5,9,16H,1-3,6H2. The van der Waals surface area contributed by atoms with Crippen molar-refractivity contribution < 1.29 is 13.6 Å². The molecule has 92 valence electrons. The van der Waals surface area contributed by atoms with Gasteiger partial charge in [0.2, 0.25) is 0 Å². The highest BCUT2D eigenvalue weighted by Crippen LogP contribution is 2.24. The fourth-order valence-electron chi connectivity index (χ4n) is 2.00. The van der Waals surface area contributed by atoms with Gasteiger partial charge in [0.15, 0.2) is 11.6 Å². The second kappa shape index (κ2) is 5.23. The normalized spacial score (nSPS) is 20.3. The summed E-state index contributed by atoms with van der Waals surface area (Å²) < 4.78 is 27.4. The van der Waals surface area contributed by atoms with Crippen LogP contribution in [0.3, 0.4) is 0 Å². The third-order valence-corrected chi connectivity index (χ3v) is 3.53. The van der Waals surface area contributed by atoms with Crippen LogP contribution in [0, 0.1) is 11.6 Å². The van der Waals surface area contributed by atoms with Gasteiger partial charge in [0.1, 0.15) is 5.82 Å². The highest BCUT2D eigenvalue weighted by Gasteiger charge is 2.27. The van der Waals surface area contributed by atoms with Gasteiger partial charge in [-0.3, -0.25) is 4.79 Å². The Morgan fingerprint density at radius 3 is 2.76 bits per heavy atom. The summed E-state index contributed by atoms with van der Waals surface area (Å²) >= 11 is 2.96. The largest absolute Gasteiger partial charge is 0.307 e. The zero-order valence-electron chi connectivity index (χ0n) is 9.10. The van der Waals surface area contributed by atoms with Crippen LogP contribution >= 0.6 is 15.9 Å². The lowest BCUT2D eigenvalue weighted by Gasteiger charge is -2.22. The number of hydrogen-bond acceptors (Lipinski definition) is 2. The molecular formula is C12H12BrF2NO. The van der Waals surface area contributed by atoms with E-state index in [-0.39, 0.29) is 4.47 Å². The van der Waals surface area contributed by atoms with E-state index in [9.17, 15) is 13.6 Å². The van der Waals surface area contributed by atoms with Crippen molar-refractivity contribution in [2.75, 3.05) is 6.54 Å². The van der Waals surface area contributed by atoms with Crippen LogP contribution in [0.15, 0.2) is 16.6 Å². The maximum atomic E-state index is 13.7. The molecule has 1 aromatic carbocycles. The number of halogens is 3. The monoisotopic (exact) mass is 303 g/mol. The Bertz CT molecular complexity index is 444. The van der Waals surface area contributed by atoms with Gasteiger partial charge >= 0.3 is 0 Å². The molecular weight excluding hydrogens is 292 g/mol. The third-order valence-electron chi connectivity index (χ3n) is 2.92. The Morgan fingerprint density at radius 2 is 2.12 bits per heavy atom. The average Bonchev–Trinajstić information content (AvgIpc) is 2.35. The zero-order valence-corrected chi connectivity index (χ0v) is 10.7. The summed E-state index contributed by atoms with van der Waals surface area (Å²) in [6.07, 6.45) is 2.53. The zero-order chi connectivity index (χ0) is 12.4. The first-order valence-electron chi connectivity index (χ1n) is 5.52. The summed E-state index contributed by atoms with van der Waals surface area (Å²) in [6, 6.07) is 1.89. The molecule has 1 fully saturated rings. The van der Waals surface area contributed by atoms with Crippen molar-refractivity contribution in [2.45, 2.75) is 25.3 Å². The highest BCUT2D eigenvalue weighted by molar-refractivity contribution is 9.10. The lowest BCUT2D eigenvalue weighted by Crippen LogP contribution is -2.41. The predicted molar refractivity (Wildman–Crippen MR) is 64.0 cm³/mol. The number of hydrogen-bond donors (Lipinski definition) is 1. The topological polar surface area (TPSA) is 29.1 Å². The first-order chi connectivity index (χ1) is 8.11. The number of piperidine rings is 1. The molecule has 1 aliphatic heterocycles. The van der Waals surface area contributed by atoms with Gasteiger partial charge in [0.05, 0.1) is 16.1 Å². The van der Waals surface area contributed by atoms with Gasteiger partial charge in [-0.25, -0.2) is 8.78 Å². The van der Waals surface area contributed by atoms with E-state index in [2.05, 4.69) is 21.2 Å². The molecule has 2 nitrogen and oxygen atoms in total. The molecule has 17 heavy (non-hydrogen) atoms. The molecule has 0 aliphatic carbocycles. The molecule has 0 spiro atoms. The molecule has 0 saturated carbocycles. The van der Waals surface area contributed by atoms with Gasteiger partial charge in [-0.2, -0.15) is 0 Å². The van der Waals surface area contributed by atoms with Gasteiger partial charge in [-0.1, -0.05) is 6.42 Å². The van der Waals surface area contributed by atoms with E-state index in [1.807, 2.05) is 0 Å². The van der Waals surface area contributed by atoms with Gasteiger partial charge in [0.25, 0.3) is 0 Å². The molecule has 0 radical (unpaired) electrons. The Kier molecular flexibility index (Phi) is 3.89. The molecule has 2 rings (SSSR count). The molecule has 1 saturated heterocycles. The number of Topliss-reactive ketones (excluding diaryl/α,β-unsaturated/α-hetero) is 1. The molecule has 0 aromatic heterocycles. The summed E-state index contributed by atoms with van der Waals surface area (Å²) in [5.74, 6) is -2.12. The summed E-state index contributed by atoms with van der Waals surface area (Å²) in [5.41, 5.74) is -0.446. The molecule has 1 aromatic rings. The number of nitrogens with one attached hydrogen (secondary N) is 1. The maximum Gasteiger partial charge on any atom is 0.185 e. The lowest BCUT2D eigenvalue weighted by molar-refractivity contribution is 0.0918. The fourth-order valence-corrected chi connectivity index (χ4v) is 2.33. The lowest BCUT2D eigenvalue weighted by atomic mass is 9.96. The molecule has 0 bridgehead atoms. The quantitative estimate of drug-likeness (QED) is 0.672. The van der Waals surface area contributed by atoms with E-state index < -0.39 is 29.0 Å². The summed E-state index contributed by atoms with van der Waals surface area (Å²) in [6.45, 7) is 0.716. The van der Waals surface area contributed by atoms with Crippen molar-refractivity contribution in [1.29, 1.82) is 0 Å². The summed E-state index contributed by atoms with van der Waals surface area (Å²) in [7, 11) is 0.